The van der Waals surface area contributed by atoms with Crippen molar-refractivity contribution in [3.05, 3.63) is 29.6 Å². The summed E-state index contributed by atoms with van der Waals surface area (Å²) in [5, 5.41) is 10.6. The Balaban J connectivity index is 2.19. The lowest BCUT2D eigenvalue weighted by molar-refractivity contribution is -0.130. The number of aryl methyl sites for hydroxylation is 1. The van der Waals surface area contributed by atoms with Gasteiger partial charge in [0, 0.05) is 24.6 Å². The fourth-order valence-corrected chi connectivity index (χ4v) is 2.78. The molecular formula is C15H23NO2. The highest BCUT2D eigenvalue weighted by molar-refractivity contribution is 5.19. The first-order chi connectivity index (χ1) is 8.57. The monoisotopic (exact) mass is 249 g/mol. The number of ether oxygens (including phenoxy) is 1. The maximum atomic E-state index is 10.6. The Hall–Kier alpha value is -0.930. The van der Waals surface area contributed by atoms with Crippen molar-refractivity contribution < 1.29 is 9.84 Å². The van der Waals surface area contributed by atoms with E-state index in [-0.39, 0.29) is 0 Å². The van der Waals surface area contributed by atoms with Crippen molar-refractivity contribution in [2.24, 2.45) is 5.92 Å². The van der Waals surface area contributed by atoms with Crippen molar-refractivity contribution in [2.75, 3.05) is 7.11 Å². The SMILES string of the molecule is COC1(C(O)c2ccc(C)nc2)CCC(C)CC1. The molecule has 0 saturated heterocycles. The molecule has 3 heteroatoms. The first-order valence-corrected chi connectivity index (χ1v) is 6.73. The Morgan fingerprint density at radius 1 is 1.39 bits per heavy atom. The van der Waals surface area contributed by atoms with Gasteiger partial charge in [-0.15, -0.1) is 0 Å². The molecule has 0 aliphatic heterocycles. The van der Waals surface area contributed by atoms with Gasteiger partial charge in [0.2, 0.25) is 0 Å². The molecule has 1 saturated carbocycles. The van der Waals surface area contributed by atoms with Crippen molar-refractivity contribution in [3.63, 3.8) is 0 Å². The fraction of sp³-hybridized carbons (Fsp3) is 0.667. The number of nitrogens with zero attached hydrogens (tertiary/aromatic N) is 1. The molecule has 0 spiro atoms. The van der Waals surface area contributed by atoms with Crippen LogP contribution in [0.1, 0.15) is 50.0 Å². The summed E-state index contributed by atoms with van der Waals surface area (Å²) in [7, 11) is 1.71. The Morgan fingerprint density at radius 3 is 2.56 bits per heavy atom. The Labute approximate surface area is 109 Å². The highest BCUT2D eigenvalue weighted by atomic mass is 16.5. The quantitative estimate of drug-likeness (QED) is 0.895. The number of aliphatic hydroxyl groups excluding tert-OH is 1. The van der Waals surface area contributed by atoms with Crippen LogP contribution >= 0.6 is 0 Å². The number of pyridine rings is 1. The summed E-state index contributed by atoms with van der Waals surface area (Å²) in [5.41, 5.74) is 1.40. The predicted molar refractivity (Wildman–Crippen MR) is 71.3 cm³/mol. The van der Waals surface area contributed by atoms with Crippen LogP contribution in [-0.4, -0.2) is 22.8 Å². The van der Waals surface area contributed by atoms with E-state index >= 15 is 0 Å². The fourth-order valence-electron chi connectivity index (χ4n) is 2.78. The van der Waals surface area contributed by atoms with Crippen LogP contribution in [0.5, 0.6) is 0 Å². The maximum absolute atomic E-state index is 10.6. The summed E-state index contributed by atoms with van der Waals surface area (Å²) in [5.74, 6) is 0.733. The van der Waals surface area contributed by atoms with E-state index in [1.807, 2.05) is 19.1 Å². The second-order valence-electron chi connectivity index (χ2n) is 5.59. The lowest BCUT2D eigenvalue weighted by Crippen LogP contribution is -2.42. The molecule has 2 rings (SSSR count). The van der Waals surface area contributed by atoms with Crippen LogP contribution in [0.4, 0.5) is 0 Å². The number of hydrogen-bond acceptors (Lipinski definition) is 3. The van der Waals surface area contributed by atoms with Crippen LogP contribution in [-0.2, 0) is 4.74 Å². The van der Waals surface area contributed by atoms with Crippen LogP contribution in [0.3, 0.4) is 0 Å². The average Bonchev–Trinajstić information content (AvgIpc) is 2.40. The minimum Gasteiger partial charge on any atom is -0.385 e. The molecular weight excluding hydrogens is 226 g/mol. The van der Waals surface area contributed by atoms with Crippen LogP contribution in [0, 0.1) is 12.8 Å². The zero-order valence-electron chi connectivity index (χ0n) is 11.5. The van der Waals surface area contributed by atoms with Gasteiger partial charge >= 0.3 is 0 Å². The van der Waals surface area contributed by atoms with E-state index in [4.69, 9.17) is 4.74 Å². The summed E-state index contributed by atoms with van der Waals surface area (Å²) in [6, 6.07) is 3.89. The first-order valence-electron chi connectivity index (χ1n) is 6.73. The van der Waals surface area contributed by atoms with Crippen molar-refractivity contribution in [1.82, 2.24) is 4.98 Å². The van der Waals surface area contributed by atoms with E-state index in [2.05, 4.69) is 11.9 Å². The van der Waals surface area contributed by atoms with E-state index < -0.39 is 11.7 Å². The van der Waals surface area contributed by atoms with Crippen LogP contribution < -0.4 is 0 Å². The van der Waals surface area contributed by atoms with Gasteiger partial charge in [-0.25, -0.2) is 0 Å². The number of aromatic nitrogens is 1. The van der Waals surface area contributed by atoms with Gasteiger partial charge < -0.3 is 9.84 Å². The second kappa shape index (κ2) is 5.37. The van der Waals surface area contributed by atoms with Crippen molar-refractivity contribution >= 4 is 0 Å². The van der Waals surface area contributed by atoms with Gasteiger partial charge in [-0.3, -0.25) is 4.98 Å². The Morgan fingerprint density at radius 2 is 2.06 bits per heavy atom. The standard InChI is InChI=1S/C15H23NO2/c1-11-6-8-15(18-3,9-7-11)14(17)13-5-4-12(2)16-10-13/h4-5,10-11,14,17H,6-9H2,1-3H3. The minimum atomic E-state index is -0.580. The molecule has 100 valence electrons. The summed E-state index contributed by atoms with van der Waals surface area (Å²) >= 11 is 0. The second-order valence-corrected chi connectivity index (χ2v) is 5.59. The number of hydrogen-bond donors (Lipinski definition) is 1. The molecule has 1 fully saturated rings. The van der Waals surface area contributed by atoms with Crippen molar-refractivity contribution in [1.29, 1.82) is 0 Å². The third kappa shape index (κ3) is 2.57. The Bertz CT molecular complexity index is 380. The molecule has 0 aromatic carbocycles. The molecule has 1 heterocycles. The van der Waals surface area contributed by atoms with E-state index in [1.54, 1.807) is 13.3 Å². The lowest BCUT2D eigenvalue weighted by Gasteiger charge is -2.41. The predicted octanol–water partition coefficient (Wildman–Crippen LogP) is 3.02. The van der Waals surface area contributed by atoms with E-state index in [1.165, 1.54) is 0 Å². The molecule has 1 aromatic rings. The summed E-state index contributed by atoms with van der Waals surface area (Å²) in [6.45, 7) is 4.21. The first kappa shape index (κ1) is 13.5. The molecule has 18 heavy (non-hydrogen) atoms. The molecule has 1 atom stereocenters. The highest BCUT2D eigenvalue weighted by Gasteiger charge is 2.41. The number of methoxy groups -OCH3 is 1. The van der Waals surface area contributed by atoms with Crippen LogP contribution in [0.25, 0.3) is 0 Å². The molecule has 1 aliphatic carbocycles. The molecule has 1 aromatic heterocycles. The topological polar surface area (TPSA) is 42.4 Å². The third-order valence-corrected chi connectivity index (χ3v) is 4.28. The molecule has 0 radical (unpaired) electrons. The van der Waals surface area contributed by atoms with Crippen molar-refractivity contribution in [3.8, 4) is 0 Å². The van der Waals surface area contributed by atoms with Crippen molar-refractivity contribution in [2.45, 2.75) is 51.2 Å². The van der Waals surface area contributed by atoms with Gasteiger partial charge in [0.15, 0.2) is 0 Å². The average molecular weight is 249 g/mol. The Kier molecular flexibility index (Phi) is 4.03. The largest absolute Gasteiger partial charge is 0.385 e. The zero-order chi connectivity index (χ0) is 13.2. The smallest absolute Gasteiger partial charge is 0.109 e. The molecule has 1 unspecified atom stereocenters. The summed E-state index contributed by atoms with van der Waals surface area (Å²) < 4.78 is 5.70. The molecule has 1 aliphatic rings. The third-order valence-electron chi connectivity index (χ3n) is 4.28. The molecule has 0 amide bonds. The normalized spacial score (nSPS) is 30.1. The van der Waals surface area contributed by atoms with Gasteiger partial charge in [0.1, 0.15) is 6.10 Å². The van der Waals surface area contributed by atoms with Gasteiger partial charge in [-0.1, -0.05) is 13.0 Å². The lowest BCUT2D eigenvalue weighted by atomic mass is 9.75. The van der Waals surface area contributed by atoms with Gasteiger partial charge in [0.05, 0.1) is 5.60 Å². The maximum Gasteiger partial charge on any atom is 0.109 e. The molecule has 0 bridgehead atoms. The molecule has 3 nitrogen and oxygen atoms in total. The zero-order valence-corrected chi connectivity index (χ0v) is 11.5. The van der Waals surface area contributed by atoms with Crippen LogP contribution in [0.2, 0.25) is 0 Å². The summed E-state index contributed by atoms with van der Waals surface area (Å²) in [4.78, 5) is 4.26. The minimum absolute atomic E-state index is 0.427. The molecule has 1 N–H and O–H groups in total. The van der Waals surface area contributed by atoms with Crippen LogP contribution in [0.15, 0.2) is 18.3 Å². The van der Waals surface area contributed by atoms with Gasteiger partial charge in [0.25, 0.3) is 0 Å². The van der Waals surface area contributed by atoms with Gasteiger partial charge in [-0.05, 0) is 44.6 Å². The highest BCUT2D eigenvalue weighted by Crippen LogP contribution is 2.42. The van der Waals surface area contributed by atoms with Gasteiger partial charge in [-0.2, -0.15) is 0 Å². The summed E-state index contributed by atoms with van der Waals surface area (Å²) in [6.07, 6.45) is 5.25. The van der Waals surface area contributed by atoms with E-state index in [0.717, 1.165) is 42.9 Å². The van der Waals surface area contributed by atoms with E-state index in [9.17, 15) is 5.11 Å². The number of rotatable bonds is 3. The number of aliphatic hydroxyl groups is 1. The van der Waals surface area contributed by atoms with E-state index in [0.29, 0.717) is 0 Å².